The maximum Gasteiger partial charge on any atom is 0.0847 e. The minimum Gasteiger partial charge on any atom is -0.393 e. The molecule has 0 aliphatic carbocycles. The maximum atomic E-state index is 10.1. The van der Waals surface area contributed by atoms with E-state index in [9.17, 15) is 5.11 Å². The molecule has 1 N–H and O–H groups in total. The fourth-order valence-corrected chi connectivity index (χ4v) is 2.60. The van der Waals surface area contributed by atoms with Crippen LogP contribution in [0.4, 0.5) is 0 Å². The Balaban J connectivity index is 1.95. The first kappa shape index (κ1) is 12.9. The zero-order valence-corrected chi connectivity index (χ0v) is 11.1. The number of aryl methyl sites for hydroxylation is 2. The maximum absolute atomic E-state index is 10.1. The number of aliphatic hydroxyl groups excluding tert-OH is 1. The van der Waals surface area contributed by atoms with E-state index in [1.165, 1.54) is 0 Å². The summed E-state index contributed by atoms with van der Waals surface area (Å²) in [4.78, 5) is 0. The lowest BCUT2D eigenvalue weighted by molar-refractivity contribution is 0.127. The van der Waals surface area contributed by atoms with E-state index in [-0.39, 0.29) is 6.10 Å². The van der Waals surface area contributed by atoms with Crippen molar-refractivity contribution in [3.8, 4) is 0 Å². The average molecular weight is 259 g/mol. The van der Waals surface area contributed by atoms with Crippen LogP contribution < -0.4 is 0 Å². The van der Waals surface area contributed by atoms with E-state index in [0.717, 1.165) is 37.4 Å². The van der Waals surface area contributed by atoms with Crippen LogP contribution in [0.15, 0.2) is 0 Å². The molecule has 1 aromatic rings. The van der Waals surface area contributed by atoms with Gasteiger partial charge in [0.05, 0.1) is 22.5 Å². The Kier molecular flexibility index (Phi) is 4.07. The molecule has 1 aromatic heterocycles. The summed E-state index contributed by atoms with van der Waals surface area (Å²) < 4.78 is 7.06. The molecular formula is C12H19ClN2O2. The van der Waals surface area contributed by atoms with Crippen molar-refractivity contribution < 1.29 is 9.84 Å². The van der Waals surface area contributed by atoms with Crippen LogP contribution in [0.3, 0.4) is 0 Å². The van der Waals surface area contributed by atoms with E-state index < -0.39 is 0 Å². The lowest BCUT2D eigenvalue weighted by Gasteiger charge is -2.14. The summed E-state index contributed by atoms with van der Waals surface area (Å²) in [6, 6.07) is 0. The summed E-state index contributed by atoms with van der Waals surface area (Å²) >= 11 is 6.16. The Labute approximate surface area is 107 Å². The molecule has 96 valence electrons. The van der Waals surface area contributed by atoms with Gasteiger partial charge in [-0.1, -0.05) is 11.6 Å². The van der Waals surface area contributed by atoms with Crippen LogP contribution in [-0.4, -0.2) is 34.2 Å². The van der Waals surface area contributed by atoms with Crippen molar-refractivity contribution in [2.45, 2.75) is 32.3 Å². The predicted molar refractivity (Wildman–Crippen MR) is 66.2 cm³/mol. The van der Waals surface area contributed by atoms with Crippen LogP contribution >= 0.6 is 11.6 Å². The third kappa shape index (κ3) is 3.00. The molecule has 4 nitrogen and oxygen atoms in total. The Morgan fingerprint density at radius 2 is 2.41 bits per heavy atom. The molecule has 2 rings (SSSR count). The molecule has 0 radical (unpaired) electrons. The third-order valence-electron chi connectivity index (χ3n) is 3.32. The van der Waals surface area contributed by atoms with Gasteiger partial charge in [0.1, 0.15) is 0 Å². The Bertz CT molecular complexity index is 386. The van der Waals surface area contributed by atoms with Gasteiger partial charge in [-0.3, -0.25) is 4.68 Å². The van der Waals surface area contributed by atoms with Crippen LogP contribution in [0.25, 0.3) is 0 Å². The molecule has 0 spiro atoms. The van der Waals surface area contributed by atoms with Gasteiger partial charge in [0.2, 0.25) is 0 Å². The molecule has 2 heterocycles. The van der Waals surface area contributed by atoms with Gasteiger partial charge >= 0.3 is 0 Å². The molecule has 0 bridgehead atoms. The zero-order chi connectivity index (χ0) is 12.4. The summed E-state index contributed by atoms with van der Waals surface area (Å²) in [7, 11) is 1.86. The van der Waals surface area contributed by atoms with Crippen molar-refractivity contribution in [1.82, 2.24) is 9.78 Å². The van der Waals surface area contributed by atoms with Crippen LogP contribution in [-0.2, 0) is 18.2 Å². The molecule has 17 heavy (non-hydrogen) atoms. The SMILES string of the molecule is Cc1nn(C)c(CC(O)CC2CCOC2)c1Cl. The standard InChI is InChI=1S/C12H19ClN2O2/c1-8-12(13)11(15(2)14-8)6-10(16)5-9-3-4-17-7-9/h9-10,16H,3-7H2,1-2H3. The number of nitrogens with zero attached hydrogens (tertiary/aromatic N) is 2. The molecule has 1 aliphatic heterocycles. The Hall–Kier alpha value is -0.580. The average Bonchev–Trinajstić information content (AvgIpc) is 2.83. The van der Waals surface area contributed by atoms with Crippen LogP contribution in [0.1, 0.15) is 24.2 Å². The van der Waals surface area contributed by atoms with Gasteiger partial charge < -0.3 is 9.84 Å². The monoisotopic (exact) mass is 258 g/mol. The van der Waals surface area contributed by atoms with Crippen molar-refractivity contribution in [2.24, 2.45) is 13.0 Å². The third-order valence-corrected chi connectivity index (χ3v) is 3.81. The minimum absolute atomic E-state index is 0.367. The quantitative estimate of drug-likeness (QED) is 0.895. The van der Waals surface area contributed by atoms with Gasteiger partial charge in [-0.05, 0) is 25.7 Å². The highest BCUT2D eigenvalue weighted by Gasteiger charge is 2.21. The van der Waals surface area contributed by atoms with Crippen molar-refractivity contribution >= 4 is 11.6 Å². The Morgan fingerprint density at radius 1 is 1.65 bits per heavy atom. The van der Waals surface area contributed by atoms with Gasteiger partial charge in [0.25, 0.3) is 0 Å². The van der Waals surface area contributed by atoms with Crippen LogP contribution in [0, 0.1) is 12.8 Å². The number of halogens is 1. The highest BCUT2D eigenvalue weighted by atomic mass is 35.5. The van der Waals surface area contributed by atoms with E-state index in [1.807, 2.05) is 14.0 Å². The lowest BCUT2D eigenvalue weighted by Crippen LogP contribution is -2.18. The lowest BCUT2D eigenvalue weighted by atomic mass is 9.98. The first-order chi connectivity index (χ1) is 8.08. The summed E-state index contributed by atoms with van der Waals surface area (Å²) in [5, 5.41) is 15.0. The first-order valence-corrected chi connectivity index (χ1v) is 6.39. The van der Waals surface area contributed by atoms with E-state index >= 15 is 0 Å². The number of aromatic nitrogens is 2. The fourth-order valence-electron chi connectivity index (χ4n) is 2.36. The van der Waals surface area contributed by atoms with Crippen LogP contribution in [0.2, 0.25) is 5.02 Å². The molecule has 2 unspecified atom stereocenters. The summed E-state index contributed by atoms with van der Waals surface area (Å²) in [6.07, 6.45) is 2.02. The van der Waals surface area contributed by atoms with E-state index in [0.29, 0.717) is 17.4 Å². The van der Waals surface area contributed by atoms with Gasteiger partial charge in [-0.15, -0.1) is 0 Å². The largest absolute Gasteiger partial charge is 0.393 e. The molecule has 1 fully saturated rings. The van der Waals surface area contributed by atoms with Gasteiger partial charge in [-0.25, -0.2) is 0 Å². The van der Waals surface area contributed by atoms with Gasteiger partial charge in [0.15, 0.2) is 0 Å². The van der Waals surface area contributed by atoms with Gasteiger partial charge in [0, 0.05) is 26.7 Å². The Morgan fingerprint density at radius 3 is 2.94 bits per heavy atom. The summed E-state index contributed by atoms with van der Waals surface area (Å²) in [5.74, 6) is 0.484. The molecule has 1 aliphatic rings. The van der Waals surface area contributed by atoms with E-state index in [2.05, 4.69) is 5.10 Å². The molecule has 0 amide bonds. The van der Waals surface area contributed by atoms with Gasteiger partial charge in [-0.2, -0.15) is 5.10 Å². The van der Waals surface area contributed by atoms with E-state index in [1.54, 1.807) is 4.68 Å². The summed E-state index contributed by atoms with van der Waals surface area (Å²) in [5.41, 5.74) is 1.73. The van der Waals surface area contributed by atoms with Crippen molar-refractivity contribution in [1.29, 1.82) is 0 Å². The highest BCUT2D eigenvalue weighted by Crippen LogP contribution is 2.24. The smallest absolute Gasteiger partial charge is 0.0847 e. The topological polar surface area (TPSA) is 47.3 Å². The number of ether oxygens (including phenoxy) is 1. The molecular weight excluding hydrogens is 240 g/mol. The highest BCUT2D eigenvalue weighted by molar-refractivity contribution is 6.31. The second kappa shape index (κ2) is 5.38. The number of aliphatic hydroxyl groups is 1. The van der Waals surface area contributed by atoms with Crippen molar-refractivity contribution in [2.75, 3.05) is 13.2 Å². The van der Waals surface area contributed by atoms with Crippen molar-refractivity contribution in [3.63, 3.8) is 0 Å². The number of hydrogen-bond donors (Lipinski definition) is 1. The van der Waals surface area contributed by atoms with Crippen molar-refractivity contribution in [3.05, 3.63) is 16.4 Å². The summed E-state index contributed by atoms with van der Waals surface area (Å²) in [6.45, 7) is 3.47. The van der Waals surface area contributed by atoms with Crippen LogP contribution in [0.5, 0.6) is 0 Å². The molecule has 2 atom stereocenters. The van der Waals surface area contributed by atoms with E-state index in [4.69, 9.17) is 16.3 Å². The zero-order valence-electron chi connectivity index (χ0n) is 10.3. The normalized spacial score (nSPS) is 22.0. The number of rotatable bonds is 4. The predicted octanol–water partition coefficient (Wildman–Crippen LogP) is 1.71. The molecule has 1 saturated heterocycles. The second-order valence-corrected chi connectivity index (χ2v) is 5.17. The minimum atomic E-state index is -0.367. The molecule has 0 aromatic carbocycles. The molecule has 0 saturated carbocycles. The fraction of sp³-hybridized carbons (Fsp3) is 0.750. The second-order valence-electron chi connectivity index (χ2n) is 4.79. The first-order valence-electron chi connectivity index (χ1n) is 6.01. The number of hydrogen-bond acceptors (Lipinski definition) is 3. The molecule has 5 heteroatoms.